The van der Waals surface area contributed by atoms with Gasteiger partial charge in [0.1, 0.15) is 35.8 Å². The molecule has 0 unspecified atom stereocenters. The summed E-state index contributed by atoms with van der Waals surface area (Å²) in [7, 11) is 1.86. The minimum Gasteiger partial charge on any atom is -0.446 e. The summed E-state index contributed by atoms with van der Waals surface area (Å²) >= 11 is 5.96. The molecule has 23 heteroatoms. The number of ether oxygens (including phenoxy) is 3. The van der Waals surface area contributed by atoms with Crippen LogP contribution in [0.5, 0.6) is 0 Å². The molecule has 6 aromatic rings. The average molecular weight is 1350 g/mol. The van der Waals surface area contributed by atoms with Gasteiger partial charge in [-0.3, -0.25) is 19.7 Å². The van der Waals surface area contributed by atoms with Gasteiger partial charge >= 0.3 is 18.4 Å². The first kappa shape index (κ1) is 69.4. The van der Waals surface area contributed by atoms with Crippen molar-refractivity contribution in [1.29, 1.82) is 0 Å². The van der Waals surface area contributed by atoms with Gasteiger partial charge < -0.3 is 48.9 Å². The maximum absolute atomic E-state index is 14.3. The maximum atomic E-state index is 14.3. The molecule has 4 amide bonds. The highest BCUT2D eigenvalue weighted by molar-refractivity contribution is 7.80. The number of likely N-dealkylation sites (tertiary alicyclic amines) is 2. The molecular weight excluding hydrogens is 1270 g/mol. The van der Waals surface area contributed by atoms with Gasteiger partial charge in [-0.25, -0.2) is 9.18 Å². The first-order valence-corrected chi connectivity index (χ1v) is 33.4. The van der Waals surface area contributed by atoms with E-state index in [0.29, 0.717) is 106 Å². The Morgan fingerprint density at radius 3 is 2.03 bits per heavy atom. The first-order chi connectivity index (χ1) is 46.1. The SMILES string of the molecule is CN(CCN1CCC(OC(=O)Nc2ccccc2-c2ccccc2)CC1)C(=O)CCCCCNc1ccc(C(=S)N2CCN(C(=O)CO[C@H]3Cc4ccccc4C34CCN(CC[C@@]3(c5ccc(F)cc5)CN(C(=O)c5cc(C(F)(F)F)cc(C(F)(F)F)c5)CO3)CC4)CC2)cc1. The fourth-order valence-electron chi connectivity index (χ4n) is 14.0. The number of benzene rings is 6. The molecule has 2 N–H and O–H groups in total. The van der Waals surface area contributed by atoms with Crippen LogP contribution in [0.4, 0.5) is 46.9 Å². The molecule has 4 aliphatic heterocycles. The molecule has 2 atom stereocenters. The summed E-state index contributed by atoms with van der Waals surface area (Å²) in [6, 6.07) is 40.2. The van der Waals surface area contributed by atoms with Crippen LogP contribution in [0.25, 0.3) is 11.1 Å². The smallest absolute Gasteiger partial charge is 0.416 e. The number of hydrogen-bond acceptors (Lipinski definition) is 11. The van der Waals surface area contributed by atoms with E-state index in [1.165, 1.54) is 29.8 Å². The van der Waals surface area contributed by atoms with Crippen molar-refractivity contribution in [1.82, 2.24) is 29.4 Å². The van der Waals surface area contributed by atoms with Crippen LogP contribution in [0, 0.1) is 5.82 Å². The number of amides is 4. The number of fused-ring (bicyclic) bond motifs is 2. The number of rotatable bonds is 22. The molecule has 1 aliphatic carbocycles. The number of unbranched alkanes of at least 4 members (excludes halogenated alkanes) is 2. The lowest BCUT2D eigenvalue weighted by molar-refractivity contribution is -0.143. The number of nitrogens with one attached hydrogen (secondary N) is 2. The molecule has 0 aromatic heterocycles. The van der Waals surface area contributed by atoms with Gasteiger partial charge in [0.15, 0.2) is 0 Å². The van der Waals surface area contributed by atoms with Crippen LogP contribution in [-0.4, -0.2) is 176 Å². The Morgan fingerprint density at radius 1 is 0.688 bits per heavy atom. The summed E-state index contributed by atoms with van der Waals surface area (Å²) < 4.78 is 116. The van der Waals surface area contributed by atoms with Crippen LogP contribution in [-0.2, 0) is 53.6 Å². The Hall–Kier alpha value is -7.96. The fourth-order valence-corrected chi connectivity index (χ4v) is 14.4. The molecule has 96 heavy (non-hydrogen) atoms. The van der Waals surface area contributed by atoms with Gasteiger partial charge in [0.05, 0.1) is 29.5 Å². The Kier molecular flexibility index (Phi) is 22.1. The van der Waals surface area contributed by atoms with E-state index in [1.807, 2.05) is 108 Å². The van der Waals surface area contributed by atoms with Gasteiger partial charge in [-0.1, -0.05) is 104 Å². The van der Waals surface area contributed by atoms with Crippen LogP contribution in [0.3, 0.4) is 0 Å². The zero-order chi connectivity index (χ0) is 67.6. The summed E-state index contributed by atoms with van der Waals surface area (Å²) in [6.45, 7) is 6.86. The van der Waals surface area contributed by atoms with Crippen molar-refractivity contribution in [2.45, 2.75) is 99.8 Å². The summed E-state index contributed by atoms with van der Waals surface area (Å²) in [5, 5.41) is 6.43. The number of carbonyl (C=O) groups is 4. The molecule has 11 rings (SSSR count). The van der Waals surface area contributed by atoms with Crippen molar-refractivity contribution in [2.75, 3.05) is 116 Å². The Morgan fingerprint density at radius 2 is 1.33 bits per heavy atom. The summed E-state index contributed by atoms with van der Waals surface area (Å²) in [6.07, 6.45) is -4.28. The molecule has 4 fully saturated rings. The molecule has 15 nitrogen and oxygen atoms in total. The van der Waals surface area contributed by atoms with Crippen molar-refractivity contribution >= 4 is 52.4 Å². The second kappa shape index (κ2) is 30.6. The number of thiocarbonyl (C=S) groups is 1. The second-order valence-electron chi connectivity index (χ2n) is 25.8. The molecule has 510 valence electrons. The van der Waals surface area contributed by atoms with E-state index in [-0.39, 0.29) is 55.1 Å². The number of alkyl halides is 6. The fraction of sp³-hybridized carbons (Fsp3) is 0.438. The van der Waals surface area contributed by atoms with E-state index >= 15 is 0 Å². The minimum absolute atomic E-state index is 0.0220. The lowest BCUT2D eigenvalue weighted by Gasteiger charge is -2.44. The van der Waals surface area contributed by atoms with Crippen molar-refractivity contribution in [3.63, 3.8) is 0 Å². The third-order valence-corrected chi connectivity index (χ3v) is 20.2. The molecule has 6 aromatic carbocycles. The van der Waals surface area contributed by atoms with E-state index in [2.05, 4.69) is 37.5 Å². The third kappa shape index (κ3) is 16.9. The van der Waals surface area contributed by atoms with Crippen molar-refractivity contribution in [3.05, 3.63) is 190 Å². The Bertz CT molecular complexity index is 3640. The molecular formula is C73H81F7N8O7S. The molecule has 0 saturated carbocycles. The molecule has 5 aliphatic rings. The standard InChI is InChI=1S/C73H81F7N8O7S/c1-83(38-39-84-33-27-60(28-34-84)95-69(92)82-63-17-10-8-15-61(63)51-12-4-2-5-13-51)65(89)18-6-3-11-32-81-59-25-19-52(20-26-59)68(96)87-42-40-86(41-43-87)66(90)48-93-64-46-53-14-7-9-16-62(53)70(64)29-35-85(36-30-70)37-31-71(55-21-23-58(74)24-22-55)49-88(50-94-71)67(91)54-44-56(72(75,76)77)47-57(45-54)73(78,79)80/h2,4-5,7-10,12-17,19-26,44-45,47,60,64,81H,3,6,11,18,27-43,46,48-50H2,1H3,(H,82,92)/t64-,71-/m0/s1. The van der Waals surface area contributed by atoms with Gasteiger partial charge in [0.2, 0.25) is 11.8 Å². The molecule has 0 bridgehead atoms. The van der Waals surface area contributed by atoms with E-state index in [1.54, 1.807) is 0 Å². The summed E-state index contributed by atoms with van der Waals surface area (Å²) in [5.74, 6) is -1.55. The highest BCUT2D eigenvalue weighted by Gasteiger charge is 2.50. The van der Waals surface area contributed by atoms with Crippen LogP contribution in [0.15, 0.2) is 146 Å². The second-order valence-corrected chi connectivity index (χ2v) is 26.2. The average Bonchev–Trinajstić information content (AvgIpc) is 1.58. The van der Waals surface area contributed by atoms with Crippen LogP contribution >= 0.6 is 12.2 Å². The van der Waals surface area contributed by atoms with E-state index in [9.17, 15) is 49.9 Å². The zero-order valence-corrected chi connectivity index (χ0v) is 54.6. The number of likely N-dealkylation sites (N-methyl/N-ethyl adjacent to an activating group) is 1. The van der Waals surface area contributed by atoms with E-state index < -0.39 is 59.2 Å². The number of halogens is 7. The monoisotopic (exact) mass is 1350 g/mol. The molecule has 1 spiro atoms. The van der Waals surface area contributed by atoms with Gasteiger partial charge in [-0.2, -0.15) is 26.3 Å². The first-order valence-electron chi connectivity index (χ1n) is 33.0. The molecule has 4 saturated heterocycles. The third-order valence-electron chi connectivity index (χ3n) is 19.7. The number of carbonyl (C=O) groups excluding carboxylic acids is 4. The Balaban J connectivity index is 0.575. The van der Waals surface area contributed by atoms with Gasteiger partial charge in [0, 0.05) is 107 Å². The van der Waals surface area contributed by atoms with E-state index in [4.69, 9.17) is 26.4 Å². The van der Waals surface area contributed by atoms with Crippen molar-refractivity contribution in [3.8, 4) is 11.1 Å². The van der Waals surface area contributed by atoms with E-state index in [0.717, 1.165) is 91.1 Å². The summed E-state index contributed by atoms with van der Waals surface area (Å²) in [5.41, 5.74) is 1.79. The van der Waals surface area contributed by atoms with Crippen LogP contribution < -0.4 is 10.6 Å². The summed E-state index contributed by atoms with van der Waals surface area (Å²) in [4.78, 5) is 65.7. The lowest BCUT2D eigenvalue weighted by Crippen LogP contribution is -2.52. The predicted octanol–water partition coefficient (Wildman–Crippen LogP) is 12.9. The van der Waals surface area contributed by atoms with Crippen molar-refractivity contribution in [2.24, 2.45) is 0 Å². The topological polar surface area (TPSA) is 139 Å². The van der Waals surface area contributed by atoms with Crippen molar-refractivity contribution < 1.29 is 64.1 Å². The number of piperazine rings is 1. The number of hydrogen-bond donors (Lipinski definition) is 2. The van der Waals surface area contributed by atoms with Crippen LogP contribution in [0.1, 0.15) is 102 Å². The predicted molar refractivity (Wildman–Crippen MR) is 356 cm³/mol. The number of piperidine rings is 2. The highest BCUT2D eigenvalue weighted by Crippen LogP contribution is 2.49. The molecule has 4 heterocycles. The quantitative estimate of drug-likeness (QED) is 0.0380. The number of para-hydroxylation sites is 1. The normalized spacial score (nSPS) is 19.3. The Labute approximate surface area is 560 Å². The number of anilines is 2. The number of nitrogens with zero attached hydrogens (tertiary/aromatic N) is 6. The zero-order valence-electron chi connectivity index (χ0n) is 53.8. The largest absolute Gasteiger partial charge is 0.446 e. The van der Waals surface area contributed by atoms with Gasteiger partial charge in [0.25, 0.3) is 5.91 Å². The maximum Gasteiger partial charge on any atom is 0.416 e. The van der Waals surface area contributed by atoms with Crippen LogP contribution in [0.2, 0.25) is 0 Å². The highest BCUT2D eigenvalue weighted by atomic mass is 32.1. The minimum atomic E-state index is -5.14. The molecule has 0 radical (unpaired) electrons. The lowest BCUT2D eigenvalue weighted by atomic mass is 9.72. The van der Waals surface area contributed by atoms with Gasteiger partial charge in [-0.05, 0) is 147 Å². The van der Waals surface area contributed by atoms with Gasteiger partial charge in [-0.15, -0.1) is 0 Å².